The van der Waals surface area contributed by atoms with Crippen molar-refractivity contribution in [3.63, 3.8) is 0 Å². The van der Waals surface area contributed by atoms with E-state index in [0.29, 0.717) is 35.4 Å². The van der Waals surface area contributed by atoms with Crippen molar-refractivity contribution in [2.24, 2.45) is 11.4 Å². The number of carbonyl (C=O) groups excluding carboxylic acids is 1. The third-order valence-electron chi connectivity index (χ3n) is 4.82. The summed E-state index contributed by atoms with van der Waals surface area (Å²) in [4.78, 5) is 25.8. The molecule has 172 valence electrons. The lowest BCUT2D eigenvalue weighted by Gasteiger charge is -2.12. The van der Waals surface area contributed by atoms with Gasteiger partial charge in [0.15, 0.2) is 5.82 Å². The van der Waals surface area contributed by atoms with Gasteiger partial charge in [-0.3, -0.25) is 9.48 Å². The van der Waals surface area contributed by atoms with E-state index in [-0.39, 0.29) is 23.2 Å². The Hall–Kier alpha value is -3.80. The molecule has 0 aliphatic carbocycles. The fourth-order valence-electron chi connectivity index (χ4n) is 3.26. The lowest BCUT2D eigenvalue weighted by atomic mass is 10.2. The summed E-state index contributed by atoms with van der Waals surface area (Å²) in [6.45, 7) is 3.91. The molecule has 12 heteroatoms. The van der Waals surface area contributed by atoms with Crippen LogP contribution in [-0.2, 0) is 16.8 Å². The Morgan fingerprint density at radius 3 is 2.79 bits per heavy atom. The molecular formula is C21H25N9O2S. The van der Waals surface area contributed by atoms with Crippen molar-refractivity contribution in [3.8, 4) is 0 Å². The first-order chi connectivity index (χ1) is 15.9. The van der Waals surface area contributed by atoms with Crippen LogP contribution in [0.1, 0.15) is 23.2 Å². The van der Waals surface area contributed by atoms with E-state index in [1.807, 2.05) is 0 Å². The van der Waals surface area contributed by atoms with E-state index >= 15 is 0 Å². The number of amides is 1. The number of aromatic nitrogens is 5. The SMILES string of the molecule is C=CCNC(=O)c1cnc(Nc2cnn(C)c2)nc1Nc1cccc(N=S2(=O)CCCC2)n1. The van der Waals surface area contributed by atoms with Crippen LogP contribution in [0.25, 0.3) is 0 Å². The van der Waals surface area contributed by atoms with Crippen LogP contribution in [0.2, 0.25) is 0 Å². The second-order valence-corrected chi connectivity index (χ2v) is 10.0. The van der Waals surface area contributed by atoms with Crippen LogP contribution in [0.5, 0.6) is 0 Å². The zero-order valence-corrected chi connectivity index (χ0v) is 19.0. The molecule has 3 aromatic rings. The Labute approximate surface area is 191 Å². The second-order valence-electron chi connectivity index (χ2n) is 7.47. The number of hydrogen-bond acceptors (Lipinski definition) is 9. The van der Waals surface area contributed by atoms with Crippen LogP contribution in [0, 0.1) is 0 Å². The fraction of sp³-hybridized carbons (Fsp3) is 0.286. The molecule has 0 aromatic carbocycles. The number of anilines is 4. The number of pyridine rings is 1. The van der Waals surface area contributed by atoms with Crippen molar-refractivity contribution in [2.45, 2.75) is 12.8 Å². The third-order valence-corrected chi connectivity index (χ3v) is 7.19. The maximum absolute atomic E-state index is 12.8. The molecule has 11 nitrogen and oxygen atoms in total. The van der Waals surface area contributed by atoms with Crippen molar-refractivity contribution in [2.75, 3.05) is 28.7 Å². The van der Waals surface area contributed by atoms with E-state index in [4.69, 9.17) is 0 Å². The Morgan fingerprint density at radius 2 is 2.06 bits per heavy atom. The predicted octanol–water partition coefficient (Wildman–Crippen LogP) is 2.90. The summed E-state index contributed by atoms with van der Waals surface area (Å²) < 4.78 is 18.8. The first kappa shape index (κ1) is 22.4. The monoisotopic (exact) mass is 467 g/mol. The smallest absolute Gasteiger partial charge is 0.256 e. The molecule has 4 rings (SSSR count). The predicted molar refractivity (Wildman–Crippen MR) is 128 cm³/mol. The molecule has 0 spiro atoms. The van der Waals surface area contributed by atoms with Crippen molar-refractivity contribution in [3.05, 3.63) is 55.0 Å². The van der Waals surface area contributed by atoms with Gasteiger partial charge < -0.3 is 16.0 Å². The number of nitrogens with zero attached hydrogens (tertiary/aromatic N) is 6. The quantitative estimate of drug-likeness (QED) is 0.430. The molecule has 3 aromatic heterocycles. The summed E-state index contributed by atoms with van der Waals surface area (Å²) in [5, 5.41) is 13.0. The maximum Gasteiger partial charge on any atom is 0.256 e. The van der Waals surface area contributed by atoms with Crippen molar-refractivity contribution in [1.29, 1.82) is 0 Å². The lowest BCUT2D eigenvalue weighted by Crippen LogP contribution is -2.25. The topological polar surface area (TPSA) is 139 Å². The zero-order valence-electron chi connectivity index (χ0n) is 18.2. The molecule has 1 saturated heterocycles. The van der Waals surface area contributed by atoms with E-state index in [2.05, 4.69) is 46.9 Å². The molecule has 33 heavy (non-hydrogen) atoms. The number of hydrogen-bond donors (Lipinski definition) is 3. The number of aryl methyl sites for hydroxylation is 1. The summed E-state index contributed by atoms with van der Waals surface area (Å²) in [7, 11) is -0.449. The van der Waals surface area contributed by atoms with E-state index in [1.54, 1.807) is 48.4 Å². The van der Waals surface area contributed by atoms with Gasteiger partial charge in [0.05, 0.1) is 21.6 Å². The summed E-state index contributed by atoms with van der Waals surface area (Å²) in [6, 6.07) is 5.20. The second kappa shape index (κ2) is 9.77. The van der Waals surface area contributed by atoms with Crippen LogP contribution in [0.3, 0.4) is 0 Å². The summed E-state index contributed by atoms with van der Waals surface area (Å²) in [6.07, 6.45) is 8.25. The Balaban J connectivity index is 1.64. The molecule has 1 aliphatic rings. The van der Waals surface area contributed by atoms with Crippen molar-refractivity contribution >= 4 is 44.7 Å². The van der Waals surface area contributed by atoms with Gasteiger partial charge in [0, 0.05) is 37.5 Å². The highest BCUT2D eigenvalue weighted by atomic mass is 32.2. The zero-order chi connectivity index (χ0) is 23.3. The standard InChI is InChI=1S/C21H25N9O2S/c1-3-9-22-20(31)16-13-23-21(25-15-12-24-30(2)14-15)28-19(16)27-17-7-6-8-18(26-17)29-33(32)10-4-5-11-33/h3,6-8,12-14H,1,4-5,9-11H2,2H3,(H,22,31)(H2,23,25,26,27,28). The third kappa shape index (κ3) is 5.71. The highest BCUT2D eigenvalue weighted by molar-refractivity contribution is 7.93. The maximum atomic E-state index is 12.8. The molecule has 4 heterocycles. The van der Waals surface area contributed by atoms with Gasteiger partial charge in [-0.25, -0.2) is 14.2 Å². The molecule has 1 fully saturated rings. The van der Waals surface area contributed by atoms with Crippen LogP contribution < -0.4 is 16.0 Å². The molecule has 1 amide bonds. The largest absolute Gasteiger partial charge is 0.348 e. The Kier molecular flexibility index (Phi) is 6.63. The minimum absolute atomic E-state index is 0.236. The van der Waals surface area contributed by atoms with E-state index in [0.717, 1.165) is 12.8 Å². The molecular weight excluding hydrogens is 442 g/mol. The summed E-state index contributed by atoms with van der Waals surface area (Å²) in [5.41, 5.74) is 0.936. The van der Waals surface area contributed by atoms with Crippen molar-refractivity contribution in [1.82, 2.24) is 30.0 Å². The average Bonchev–Trinajstić information content (AvgIpc) is 3.40. The van der Waals surface area contributed by atoms with Gasteiger partial charge in [-0.05, 0) is 25.0 Å². The number of nitrogens with one attached hydrogen (secondary N) is 3. The first-order valence-electron chi connectivity index (χ1n) is 10.4. The van der Waals surface area contributed by atoms with Crippen LogP contribution in [0.15, 0.2) is 53.8 Å². The highest BCUT2D eigenvalue weighted by Crippen LogP contribution is 2.24. The van der Waals surface area contributed by atoms with Gasteiger partial charge in [0.1, 0.15) is 17.2 Å². The Morgan fingerprint density at radius 1 is 1.24 bits per heavy atom. The molecule has 0 unspecified atom stereocenters. The van der Waals surface area contributed by atoms with Crippen LogP contribution in [-0.4, -0.2) is 52.9 Å². The molecule has 0 bridgehead atoms. The normalized spacial score (nSPS) is 14.5. The molecule has 1 aliphatic heterocycles. The van der Waals surface area contributed by atoms with Gasteiger partial charge in [-0.1, -0.05) is 12.1 Å². The van der Waals surface area contributed by atoms with Crippen LogP contribution >= 0.6 is 0 Å². The fourth-order valence-corrected chi connectivity index (χ4v) is 5.40. The van der Waals surface area contributed by atoms with Gasteiger partial charge in [0.25, 0.3) is 5.91 Å². The van der Waals surface area contributed by atoms with Gasteiger partial charge >= 0.3 is 0 Å². The molecule has 3 N–H and O–H groups in total. The summed E-state index contributed by atoms with van der Waals surface area (Å²) >= 11 is 0. The van der Waals surface area contributed by atoms with Gasteiger partial charge in [0.2, 0.25) is 5.95 Å². The van der Waals surface area contributed by atoms with E-state index in [9.17, 15) is 9.00 Å². The highest BCUT2D eigenvalue weighted by Gasteiger charge is 2.18. The van der Waals surface area contributed by atoms with E-state index in [1.165, 1.54) is 6.20 Å². The van der Waals surface area contributed by atoms with Crippen LogP contribution in [0.4, 0.5) is 29.1 Å². The Bertz CT molecular complexity index is 1280. The number of rotatable bonds is 8. The minimum Gasteiger partial charge on any atom is -0.348 e. The molecule has 0 radical (unpaired) electrons. The van der Waals surface area contributed by atoms with Crippen molar-refractivity contribution < 1.29 is 9.00 Å². The number of carbonyl (C=O) groups is 1. The average molecular weight is 468 g/mol. The molecule has 0 atom stereocenters. The minimum atomic E-state index is -2.25. The lowest BCUT2D eigenvalue weighted by molar-refractivity contribution is 0.0958. The van der Waals surface area contributed by atoms with Gasteiger partial charge in [-0.2, -0.15) is 14.4 Å². The van der Waals surface area contributed by atoms with Gasteiger partial charge in [-0.15, -0.1) is 6.58 Å². The first-order valence-corrected chi connectivity index (χ1v) is 12.3. The molecule has 0 saturated carbocycles. The van der Waals surface area contributed by atoms with E-state index < -0.39 is 9.73 Å². The summed E-state index contributed by atoms with van der Waals surface area (Å²) in [5.74, 6) is 2.16.